The minimum absolute atomic E-state index is 0. The molecule has 12 nitrogen and oxygen atoms in total. The van der Waals surface area contributed by atoms with Gasteiger partial charge in [-0.1, -0.05) is 18.2 Å². The van der Waals surface area contributed by atoms with Gasteiger partial charge in [0.2, 0.25) is 12.0 Å². The minimum atomic E-state index is -0.397. The second-order valence-corrected chi connectivity index (χ2v) is 13.0. The van der Waals surface area contributed by atoms with Crippen molar-refractivity contribution in [2.24, 2.45) is 4.99 Å². The molecule has 0 bridgehead atoms. The summed E-state index contributed by atoms with van der Waals surface area (Å²) in [5, 5.41) is 0. The van der Waals surface area contributed by atoms with E-state index >= 15 is 0 Å². The van der Waals surface area contributed by atoms with Crippen LogP contribution in [-0.4, -0.2) is 111 Å². The summed E-state index contributed by atoms with van der Waals surface area (Å²) in [6.07, 6.45) is 4.59. The Bertz CT molecular complexity index is 1890. The molecule has 0 atom stereocenters. The number of aliphatic imine (C=N–C) groups is 1. The number of para-hydroxylation sites is 1. The monoisotopic (exact) mass is 789 g/mol. The van der Waals surface area contributed by atoms with Gasteiger partial charge < -0.3 is 34.1 Å². The molecule has 0 saturated carbocycles. The van der Waals surface area contributed by atoms with Crippen molar-refractivity contribution >= 4 is 77.5 Å². The molecule has 1 aliphatic heterocycles. The molecule has 1 saturated heterocycles. The molecule has 5 rings (SSSR count). The van der Waals surface area contributed by atoms with E-state index in [4.69, 9.17) is 14.5 Å². The second kappa shape index (κ2) is 20.9. The number of nitrogens with one attached hydrogen (secondary N) is 1. The molecule has 53 heavy (non-hydrogen) atoms. The number of nitrogens with zero attached hydrogens (tertiary/aromatic N) is 6. The maximum Gasteiger partial charge on any atom is 0.260 e. The molecule has 3 aromatic carbocycles. The molecule has 15 heteroatoms. The summed E-state index contributed by atoms with van der Waals surface area (Å²) in [6.45, 7) is 6.46. The first-order chi connectivity index (χ1) is 24.1. The highest BCUT2D eigenvalue weighted by molar-refractivity contribution is 6.11. The highest BCUT2D eigenvalue weighted by Crippen LogP contribution is 2.43. The first-order valence-electron chi connectivity index (χ1n) is 17.0. The van der Waals surface area contributed by atoms with Crippen molar-refractivity contribution in [2.45, 2.75) is 39.2 Å². The van der Waals surface area contributed by atoms with Gasteiger partial charge in [-0.05, 0) is 83.2 Å². The van der Waals surface area contributed by atoms with E-state index in [0.29, 0.717) is 36.6 Å². The van der Waals surface area contributed by atoms with Gasteiger partial charge >= 0.3 is 0 Å². The van der Waals surface area contributed by atoms with Crippen molar-refractivity contribution < 1.29 is 23.9 Å². The highest BCUT2D eigenvalue weighted by Gasteiger charge is 2.26. The van der Waals surface area contributed by atoms with E-state index in [1.807, 2.05) is 67.2 Å². The van der Waals surface area contributed by atoms with Gasteiger partial charge in [0.1, 0.15) is 17.3 Å². The number of hydrogen-bond donors (Lipinski definition) is 1. The molecular weight excluding hydrogens is 741 g/mol. The van der Waals surface area contributed by atoms with Gasteiger partial charge in [0.05, 0.1) is 42.5 Å². The predicted octanol–water partition coefficient (Wildman–Crippen LogP) is 6.83. The van der Waals surface area contributed by atoms with Gasteiger partial charge in [0.15, 0.2) is 5.75 Å². The number of aromatic nitrogens is 2. The number of H-pyrrole nitrogens is 1. The van der Waals surface area contributed by atoms with Crippen molar-refractivity contribution in [2.75, 3.05) is 73.0 Å². The second-order valence-electron chi connectivity index (χ2n) is 13.0. The van der Waals surface area contributed by atoms with Crippen LogP contribution in [0, 0.1) is 6.92 Å². The quantitative estimate of drug-likeness (QED) is 0.0838. The van der Waals surface area contributed by atoms with Crippen LogP contribution in [0.3, 0.4) is 0 Å². The number of imidazole rings is 1. The van der Waals surface area contributed by atoms with Crippen LogP contribution in [0.15, 0.2) is 53.5 Å². The number of likely N-dealkylation sites (N-methyl/N-ethyl adjacent to an activating group) is 1. The van der Waals surface area contributed by atoms with Crippen LogP contribution >= 0.6 is 37.2 Å². The number of rotatable bonds is 14. The summed E-state index contributed by atoms with van der Waals surface area (Å²) in [7, 11) is 9.17. The van der Waals surface area contributed by atoms with Crippen LogP contribution in [-0.2, 0) is 16.1 Å². The largest absolute Gasteiger partial charge is 0.494 e. The summed E-state index contributed by atoms with van der Waals surface area (Å²) >= 11 is 0. The number of anilines is 1. The number of isocyanates is 1. The van der Waals surface area contributed by atoms with Gasteiger partial charge in [0.25, 0.3) is 5.91 Å². The van der Waals surface area contributed by atoms with Crippen molar-refractivity contribution in [3.63, 3.8) is 0 Å². The van der Waals surface area contributed by atoms with Crippen LogP contribution in [0.2, 0.25) is 0 Å². The molecule has 2 heterocycles. The van der Waals surface area contributed by atoms with Crippen molar-refractivity contribution in [3.8, 4) is 22.6 Å². The molecule has 1 N–H and O–H groups in total. The Kier molecular flexibility index (Phi) is 17.8. The third-order valence-corrected chi connectivity index (χ3v) is 8.97. The van der Waals surface area contributed by atoms with Crippen molar-refractivity contribution in [3.05, 3.63) is 65.5 Å². The smallest absolute Gasteiger partial charge is 0.260 e. The van der Waals surface area contributed by atoms with E-state index in [1.54, 1.807) is 25.3 Å². The first kappa shape index (κ1) is 45.0. The average Bonchev–Trinajstić information content (AvgIpc) is 3.51. The van der Waals surface area contributed by atoms with Crippen LogP contribution in [0.1, 0.15) is 47.4 Å². The summed E-state index contributed by atoms with van der Waals surface area (Å²) in [4.78, 5) is 58.2. The number of ether oxygens (including phenoxy) is 2. The Morgan fingerprint density at radius 2 is 1.70 bits per heavy atom. The molecule has 0 spiro atoms. The molecule has 4 aromatic rings. The lowest BCUT2D eigenvalue weighted by Crippen LogP contribution is -2.47. The lowest BCUT2D eigenvalue weighted by Gasteiger charge is -2.32. The number of amides is 2. The molecule has 0 unspecified atom stereocenters. The van der Waals surface area contributed by atoms with E-state index in [0.717, 1.165) is 73.4 Å². The maximum atomic E-state index is 14.1. The van der Waals surface area contributed by atoms with E-state index < -0.39 is 5.91 Å². The predicted molar refractivity (Wildman–Crippen MR) is 217 cm³/mol. The molecule has 1 fully saturated rings. The number of fused-ring (bicyclic) bond motifs is 1. The fraction of sp³-hybridized carbons (Fsp3) is 0.421. The number of hydrogen-bond acceptors (Lipinski definition) is 9. The number of carbonyl (C=O) groups is 2. The van der Waals surface area contributed by atoms with Gasteiger partial charge in [-0.3, -0.25) is 9.59 Å². The summed E-state index contributed by atoms with van der Waals surface area (Å²) < 4.78 is 12.0. The highest BCUT2D eigenvalue weighted by atomic mass is 35.5. The van der Waals surface area contributed by atoms with Crippen molar-refractivity contribution in [1.82, 2.24) is 24.7 Å². The number of benzene rings is 3. The molecule has 1 aliphatic rings. The van der Waals surface area contributed by atoms with Gasteiger partial charge in [-0.2, -0.15) is 4.99 Å². The van der Waals surface area contributed by atoms with Gasteiger partial charge in [-0.15, -0.1) is 37.2 Å². The Labute approximate surface area is 330 Å². The number of piperazine rings is 1. The van der Waals surface area contributed by atoms with Crippen molar-refractivity contribution in [1.29, 1.82) is 0 Å². The Hall–Kier alpha value is -4.16. The molecule has 2 amide bonds. The Morgan fingerprint density at radius 1 is 0.962 bits per heavy atom. The molecule has 0 aliphatic carbocycles. The van der Waals surface area contributed by atoms with E-state index in [-0.39, 0.29) is 60.1 Å². The Balaban J connectivity index is 0.00000324. The van der Waals surface area contributed by atoms with E-state index in [2.05, 4.69) is 21.9 Å². The van der Waals surface area contributed by atoms with E-state index in [9.17, 15) is 14.4 Å². The van der Waals surface area contributed by atoms with Crippen LogP contribution in [0.25, 0.3) is 22.2 Å². The fourth-order valence-corrected chi connectivity index (χ4v) is 6.25. The van der Waals surface area contributed by atoms with Crippen LogP contribution < -0.4 is 14.4 Å². The summed E-state index contributed by atoms with van der Waals surface area (Å²) in [6, 6.07) is 14.9. The molecule has 1 aromatic heterocycles. The van der Waals surface area contributed by atoms with Crippen LogP contribution in [0.4, 0.5) is 11.4 Å². The molecule has 0 radical (unpaired) electrons. The molecule has 288 valence electrons. The van der Waals surface area contributed by atoms with Gasteiger partial charge in [0, 0.05) is 50.8 Å². The minimum Gasteiger partial charge on any atom is -0.494 e. The zero-order valence-corrected chi connectivity index (χ0v) is 33.6. The number of aryl methyl sites for hydroxylation is 1. The molecular formula is C38H50Cl3N7O5. The van der Waals surface area contributed by atoms with Crippen LogP contribution in [0.5, 0.6) is 11.5 Å². The zero-order valence-electron chi connectivity index (χ0n) is 31.1. The number of unbranched alkanes of at least 4 members (excludes halogenated alkanes) is 2. The van der Waals surface area contributed by atoms with Gasteiger partial charge in [-0.25, -0.2) is 9.78 Å². The zero-order chi connectivity index (χ0) is 35.8. The summed E-state index contributed by atoms with van der Waals surface area (Å²) in [5.41, 5.74) is 4.82. The standard InChI is InChI=1S/C38H47N7O5.3ClH/c1-26-14-17-31(32(23-26)50-22-9-7-8-13-34(47)45-20-18-43(4)19-21-45)44(5)38(48)29-16-15-28(37(49-6)36(29)39-25-46)27-11-10-12-30-35(27)41-33(40-30)24-42(2)3;;;/h10-12,14-17,23H,7-9,13,18-22,24H2,1-6H3,(H,40,41);3*1H. The number of aromatic amines is 1. The SMILES string of the molecule is COc1c(-c2cccc3[nH]c(CN(C)C)nc23)ccc(C(=O)N(C)c2ccc(C)cc2OCCCCCC(=O)N2CCN(C)CC2)c1N=C=O.Cl.Cl.Cl. The first-order valence-corrected chi connectivity index (χ1v) is 17.0. The fourth-order valence-electron chi connectivity index (χ4n) is 6.25. The lowest BCUT2D eigenvalue weighted by atomic mass is 9.98. The average molecular weight is 791 g/mol. The lowest BCUT2D eigenvalue weighted by molar-refractivity contribution is -0.132. The summed E-state index contributed by atoms with van der Waals surface area (Å²) in [5.74, 6) is 1.46. The third-order valence-electron chi connectivity index (χ3n) is 8.97. The number of halogens is 3. The number of methoxy groups -OCH3 is 1. The normalized spacial score (nSPS) is 12.6. The third kappa shape index (κ3) is 10.9. The number of carbonyl (C=O) groups excluding carboxylic acids is 3. The Morgan fingerprint density at radius 3 is 2.38 bits per heavy atom. The van der Waals surface area contributed by atoms with E-state index in [1.165, 1.54) is 12.0 Å². The maximum absolute atomic E-state index is 14.1. The topological polar surface area (TPSA) is 124 Å².